The fourth-order valence-corrected chi connectivity index (χ4v) is 8.85. The minimum atomic E-state index is -0.299. The number of carbonyl (C=O) groups is 1. The summed E-state index contributed by atoms with van der Waals surface area (Å²) in [6.45, 7) is 4.36. The van der Waals surface area contributed by atoms with Crippen LogP contribution in [0.15, 0.2) is 29.4 Å². The zero-order chi connectivity index (χ0) is 25.0. The molecule has 6 nitrogen and oxygen atoms in total. The number of aromatic nitrogens is 2. The highest BCUT2D eigenvalue weighted by Gasteiger charge is 2.65. The molecule has 6 rings (SSSR count). The Bertz CT molecular complexity index is 1320. The van der Waals surface area contributed by atoms with E-state index < -0.39 is 0 Å². The van der Waals surface area contributed by atoms with Gasteiger partial charge in [-0.1, -0.05) is 13.8 Å². The highest BCUT2D eigenvalue weighted by molar-refractivity contribution is 7.99. The topological polar surface area (TPSA) is 87.1 Å². The summed E-state index contributed by atoms with van der Waals surface area (Å²) in [5, 5.41) is 18.5. The summed E-state index contributed by atoms with van der Waals surface area (Å²) in [6.07, 6.45) is 6.62. The minimum Gasteiger partial charge on any atom is -0.393 e. The molecule has 2 aromatic heterocycles. The maximum absolute atomic E-state index is 13.5. The van der Waals surface area contributed by atoms with Gasteiger partial charge in [0.2, 0.25) is 0 Å². The molecule has 190 valence electrons. The third kappa shape index (κ3) is 4.02. The molecule has 5 atom stereocenters. The smallest absolute Gasteiger partial charge is 0.142 e. The van der Waals surface area contributed by atoms with E-state index in [9.17, 15) is 9.90 Å². The molecule has 1 spiro atoms. The van der Waals surface area contributed by atoms with Crippen molar-refractivity contribution in [2.24, 2.45) is 23.2 Å². The van der Waals surface area contributed by atoms with Crippen LogP contribution in [0.1, 0.15) is 50.0 Å². The number of carbonyl (C=O) groups excluding carboxylic acids is 1. The SMILES string of the molecule is CCSc1cc(Nc2ncnc3sc4c(c23)CCC(C(=O)C2CC23CC(C)CC3O)C4)ccc1NC. The van der Waals surface area contributed by atoms with Gasteiger partial charge in [-0.15, -0.1) is 23.1 Å². The second-order valence-corrected chi connectivity index (χ2v) is 13.2. The molecule has 0 radical (unpaired) electrons. The molecule has 3 aromatic rings. The monoisotopic (exact) mass is 522 g/mol. The van der Waals surface area contributed by atoms with Crippen LogP contribution in [0.3, 0.4) is 0 Å². The van der Waals surface area contributed by atoms with E-state index in [1.807, 2.05) is 18.8 Å². The van der Waals surface area contributed by atoms with Crippen LogP contribution in [0.4, 0.5) is 17.2 Å². The van der Waals surface area contributed by atoms with Crippen LogP contribution in [-0.2, 0) is 17.6 Å². The van der Waals surface area contributed by atoms with Crippen LogP contribution < -0.4 is 10.6 Å². The predicted molar refractivity (Wildman–Crippen MR) is 149 cm³/mol. The third-order valence-corrected chi connectivity index (χ3v) is 10.6. The Morgan fingerprint density at radius 2 is 2.17 bits per heavy atom. The van der Waals surface area contributed by atoms with E-state index in [2.05, 4.69) is 52.6 Å². The number of thioether (sulfide) groups is 1. The predicted octanol–water partition coefficient (Wildman–Crippen LogP) is 6.06. The average Bonchev–Trinajstić information content (AvgIpc) is 3.35. The molecule has 8 heteroatoms. The Morgan fingerprint density at radius 1 is 1.31 bits per heavy atom. The van der Waals surface area contributed by atoms with Gasteiger partial charge in [0.1, 0.15) is 22.8 Å². The number of benzene rings is 1. The van der Waals surface area contributed by atoms with Crippen LogP contribution in [0.25, 0.3) is 10.2 Å². The summed E-state index contributed by atoms with van der Waals surface area (Å²) < 4.78 is 0. The van der Waals surface area contributed by atoms with E-state index in [0.29, 0.717) is 11.7 Å². The zero-order valence-electron chi connectivity index (χ0n) is 21.1. The van der Waals surface area contributed by atoms with Crippen molar-refractivity contribution in [3.63, 3.8) is 0 Å². The quantitative estimate of drug-likeness (QED) is 0.325. The van der Waals surface area contributed by atoms with Crippen molar-refractivity contribution in [2.45, 2.75) is 63.4 Å². The number of anilines is 3. The number of ketones is 1. The van der Waals surface area contributed by atoms with E-state index in [1.165, 1.54) is 15.3 Å². The standard InChI is InChI=1S/C28H34N4O2S2/c1-4-35-22-11-17(6-8-20(22)29-3)32-26-24-18-7-5-16(10-21(18)36-27(24)31-14-30-26)25(34)19-13-28(19)12-15(2)9-23(28)33/h6,8,11,14-16,19,23,29,33H,4-5,7,9-10,12-13H2,1-3H3,(H,30,31,32). The number of rotatable bonds is 7. The number of hydrogen-bond donors (Lipinski definition) is 3. The molecule has 3 N–H and O–H groups in total. The van der Waals surface area contributed by atoms with Crippen LogP contribution in [0.5, 0.6) is 0 Å². The number of nitrogens with zero attached hydrogens (tertiary/aromatic N) is 2. The van der Waals surface area contributed by atoms with E-state index in [-0.39, 0.29) is 23.4 Å². The zero-order valence-corrected chi connectivity index (χ0v) is 22.8. The lowest BCUT2D eigenvalue weighted by Crippen LogP contribution is -2.27. The van der Waals surface area contributed by atoms with Crippen LogP contribution in [-0.4, -0.2) is 39.8 Å². The summed E-state index contributed by atoms with van der Waals surface area (Å²) in [4.78, 5) is 26.2. The lowest BCUT2D eigenvalue weighted by molar-refractivity contribution is -0.125. The number of thiophene rings is 1. The summed E-state index contributed by atoms with van der Waals surface area (Å²) in [5.41, 5.74) is 3.33. The second kappa shape index (κ2) is 9.30. The molecule has 2 fully saturated rings. The molecule has 0 aliphatic heterocycles. The van der Waals surface area contributed by atoms with E-state index >= 15 is 0 Å². The molecule has 36 heavy (non-hydrogen) atoms. The van der Waals surface area contributed by atoms with Crippen LogP contribution in [0, 0.1) is 23.2 Å². The maximum Gasteiger partial charge on any atom is 0.142 e. The summed E-state index contributed by atoms with van der Waals surface area (Å²) in [7, 11) is 1.95. The van der Waals surface area contributed by atoms with Gasteiger partial charge >= 0.3 is 0 Å². The van der Waals surface area contributed by atoms with Gasteiger partial charge in [-0.2, -0.15) is 0 Å². The fourth-order valence-electron chi connectivity index (χ4n) is 6.73. The Hall–Kier alpha value is -2.16. The van der Waals surface area contributed by atoms with Crippen LogP contribution >= 0.6 is 23.1 Å². The van der Waals surface area contributed by atoms with Gasteiger partial charge in [0.15, 0.2) is 0 Å². The highest BCUT2D eigenvalue weighted by Crippen LogP contribution is 2.65. The van der Waals surface area contributed by atoms with Gasteiger partial charge in [0.05, 0.1) is 11.5 Å². The van der Waals surface area contributed by atoms with Gasteiger partial charge in [0, 0.05) is 45.4 Å². The number of aliphatic hydroxyl groups is 1. The van der Waals surface area contributed by atoms with Crippen molar-refractivity contribution < 1.29 is 9.90 Å². The highest BCUT2D eigenvalue weighted by atomic mass is 32.2. The van der Waals surface area contributed by atoms with E-state index in [0.717, 1.165) is 71.7 Å². The molecule has 3 aliphatic carbocycles. The van der Waals surface area contributed by atoms with E-state index in [4.69, 9.17) is 0 Å². The molecular formula is C28H34N4O2S2. The lowest BCUT2D eigenvalue weighted by atomic mass is 9.82. The van der Waals surface area contributed by atoms with Gasteiger partial charge in [-0.25, -0.2) is 9.97 Å². The van der Waals surface area contributed by atoms with E-state index in [1.54, 1.807) is 17.7 Å². The van der Waals surface area contributed by atoms with Gasteiger partial charge < -0.3 is 15.7 Å². The molecule has 2 saturated carbocycles. The van der Waals surface area contributed by atoms with Crippen molar-refractivity contribution in [1.82, 2.24) is 9.97 Å². The first-order chi connectivity index (χ1) is 17.4. The summed E-state index contributed by atoms with van der Waals surface area (Å²) in [6, 6.07) is 6.35. The van der Waals surface area contributed by atoms with Crippen molar-refractivity contribution >= 4 is 56.3 Å². The number of fused-ring (bicyclic) bond motifs is 3. The number of aryl methyl sites for hydroxylation is 1. The molecular weight excluding hydrogens is 488 g/mol. The number of hydrogen-bond acceptors (Lipinski definition) is 8. The molecule has 2 heterocycles. The molecule has 3 aliphatic rings. The number of nitrogens with one attached hydrogen (secondary N) is 2. The van der Waals surface area contributed by atoms with Crippen molar-refractivity contribution in [1.29, 1.82) is 0 Å². The van der Waals surface area contributed by atoms with Crippen LogP contribution in [0.2, 0.25) is 0 Å². The maximum atomic E-state index is 13.5. The Morgan fingerprint density at radius 3 is 2.92 bits per heavy atom. The van der Waals surface area contributed by atoms with Gasteiger partial charge in [-0.05, 0) is 74.0 Å². The average molecular weight is 523 g/mol. The fraction of sp³-hybridized carbons (Fsp3) is 0.536. The van der Waals surface area contributed by atoms with Crippen molar-refractivity contribution in [3.8, 4) is 0 Å². The first-order valence-electron chi connectivity index (χ1n) is 13.1. The third-order valence-electron chi connectivity index (χ3n) is 8.54. The molecule has 0 amide bonds. The number of Topliss-reactive ketones (excluding diaryl/α,β-unsaturated/α-hetero) is 1. The second-order valence-electron chi connectivity index (χ2n) is 10.8. The van der Waals surface area contributed by atoms with Crippen molar-refractivity contribution in [2.75, 3.05) is 23.4 Å². The largest absolute Gasteiger partial charge is 0.393 e. The normalized spacial score (nSPS) is 28.9. The Labute approximate surface area is 220 Å². The summed E-state index contributed by atoms with van der Waals surface area (Å²) >= 11 is 3.53. The minimum absolute atomic E-state index is 0.0603. The molecule has 5 unspecified atom stereocenters. The Balaban J connectivity index is 1.24. The Kier molecular flexibility index (Phi) is 6.25. The first-order valence-corrected chi connectivity index (χ1v) is 14.9. The first kappa shape index (κ1) is 24.2. The van der Waals surface area contributed by atoms with Crippen molar-refractivity contribution in [3.05, 3.63) is 35.0 Å². The van der Waals surface area contributed by atoms with Gasteiger partial charge in [-0.3, -0.25) is 4.79 Å². The molecule has 0 bridgehead atoms. The summed E-state index contributed by atoms with van der Waals surface area (Å²) in [5.74, 6) is 2.89. The van der Waals surface area contributed by atoms with Gasteiger partial charge in [0.25, 0.3) is 0 Å². The molecule has 0 saturated heterocycles. The lowest BCUT2D eigenvalue weighted by Gasteiger charge is -2.23. The molecule has 1 aromatic carbocycles. The number of aliphatic hydroxyl groups excluding tert-OH is 1.